The van der Waals surface area contributed by atoms with Crippen LogP contribution in [0.5, 0.6) is 11.5 Å². The first-order valence-corrected chi connectivity index (χ1v) is 5.51. The second-order valence-corrected chi connectivity index (χ2v) is 5.09. The highest BCUT2D eigenvalue weighted by atomic mass is 16.7. The Morgan fingerprint density at radius 1 is 1.29 bits per heavy atom. The first kappa shape index (κ1) is 11.8. The van der Waals surface area contributed by atoms with Gasteiger partial charge in [-0.1, -0.05) is 26.8 Å². The normalized spacial score (nSPS) is 15.5. The van der Waals surface area contributed by atoms with Crippen LogP contribution in [0.15, 0.2) is 18.2 Å². The Labute approximate surface area is 100 Å². The van der Waals surface area contributed by atoms with Gasteiger partial charge in [-0.3, -0.25) is 4.79 Å². The Bertz CT molecular complexity index is 420. The van der Waals surface area contributed by atoms with Crippen LogP contribution in [0.4, 0.5) is 0 Å². The average molecular weight is 236 g/mol. The summed E-state index contributed by atoms with van der Waals surface area (Å²) in [6.45, 7) is 6.79. The van der Waals surface area contributed by atoms with E-state index in [-0.39, 0.29) is 18.3 Å². The second kappa shape index (κ2) is 4.28. The van der Waals surface area contributed by atoms with Gasteiger partial charge in [-0.2, -0.15) is 0 Å². The number of carbonyl (C=O) groups excluding carboxylic acids is 1. The van der Waals surface area contributed by atoms with Gasteiger partial charge in [0.05, 0.1) is 0 Å². The van der Waals surface area contributed by atoms with E-state index in [1.807, 2.05) is 39.0 Å². The maximum Gasteiger partial charge on any atom is 0.293 e. The minimum atomic E-state index is -0.297. The molecule has 17 heavy (non-hydrogen) atoms. The highest BCUT2D eigenvalue weighted by Gasteiger charge is 2.29. The zero-order chi connectivity index (χ0) is 12.5. The van der Waals surface area contributed by atoms with E-state index in [4.69, 9.17) is 14.2 Å². The fourth-order valence-corrected chi connectivity index (χ4v) is 1.91. The van der Waals surface area contributed by atoms with Crippen LogP contribution in [0.3, 0.4) is 0 Å². The highest BCUT2D eigenvalue weighted by Crippen LogP contribution is 2.40. The van der Waals surface area contributed by atoms with E-state index in [0.29, 0.717) is 12.2 Å². The zero-order valence-electron chi connectivity index (χ0n) is 10.2. The lowest BCUT2D eigenvalue weighted by atomic mass is 9.84. The van der Waals surface area contributed by atoms with Crippen LogP contribution in [0, 0.1) is 5.41 Å². The van der Waals surface area contributed by atoms with Crippen LogP contribution in [-0.4, -0.2) is 13.3 Å². The van der Waals surface area contributed by atoms with Crippen LogP contribution in [0.1, 0.15) is 32.4 Å². The molecule has 0 N–H and O–H groups in total. The number of benzene rings is 1. The first-order chi connectivity index (χ1) is 8.02. The lowest BCUT2D eigenvalue weighted by molar-refractivity contribution is -0.139. The predicted molar refractivity (Wildman–Crippen MR) is 61.9 cm³/mol. The molecule has 0 aliphatic carbocycles. The molecule has 4 heteroatoms. The van der Waals surface area contributed by atoms with E-state index in [1.54, 1.807) is 0 Å². The molecule has 92 valence electrons. The minimum absolute atomic E-state index is 0.172. The summed E-state index contributed by atoms with van der Waals surface area (Å²) in [5.74, 6) is 1.43. The molecule has 1 aromatic carbocycles. The van der Waals surface area contributed by atoms with Crippen LogP contribution in [0.2, 0.25) is 0 Å². The quantitative estimate of drug-likeness (QED) is 0.757. The van der Waals surface area contributed by atoms with Crippen LogP contribution in [0.25, 0.3) is 0 Å². The number of fused-ring (bicyclic) bond motifs is 1. The Hall–Kier alpha value is -1.71. The molecule has 0 amide bonds. The molecule has 0 radical (unpaired) electrons. The summed E-state index contributed by atoms with van der Waals surface area (Å²) in [6.07, 6.45) is -0.297. The van der Waals surface area contributed by atoms with E-state index in [0.717, 1.165) is 11.3 Å². The first-order valence-electron chi connectivity index (χ1n) is 5.51. The molecule has 0 fully saturated rings. The Morgan fingerprint density at radius 2 is 2.00 bits per heavy atom. The molecule has 0 saturated carbocycles. The van der Waals surface area contributed by atoms with Crippen molar-refractivity contribution < 1.29 is 19.0 Å². The lowest BCUT2D eigenvalue weighted by Gasteiger charge is -2.29. The highest BCUT2D eigenvalue weighted by molar-refractivity contribution is 5.46. The van der Waals surface area contributed by atoms with Crippen molar-refractivity contribution in [1.82, 2.24) is 0 Å². The van der Waals surface area contributed by atoms with E-state index in [9.17, 15) is 4.79 Å². The molecule has 0 saturated heterocycles. The summed E-state index contributed by atoms with van der Waals surface area (Å²) in [7, 11) is 0. The lowest BCUT2D eigenvalue weighted by Crippen LogP contribution is -2.20. The van der Waals surface area contributed by atoms with Crippen LogP contribution >= 0.6 is 0 Å². The standard InChI is InChI=1S/C13H16O4/c1-13(2,3)12(15-7-14)9-4-5-10-11(6-9)17-8-16-10/h4-7,12H,8H2,1-3H3. The summed E-state index contributed by atoms with van der Waals surface area (Å²) in [6, 6.07) is 5.60. The molecule has 1 heterocycles. The van der Waals surface area contributed by atoms with E-state index in [2.05, 4.69) is 0 Å². The molecule has 2 rings (SSSR count). The van der Waals surface area contributed by atoms with Crippen LogP contribution in [-0.2, 0) is 9.53 Å². The largest absolute Gasteiger partial charge is 0.459 e. The molecule has 1 aromatic rings. The van der Waals surface area contributed by atoms with Crippen molar-refractivity contribution in [2.24, 2.45) is 5.41 Å². The summed E-state index contributed by atoms with van der Waals surface area (Å²) < 4.78 is 15.7. The molecule has 1 atom stereocenters. The molecule has 4 nitrogen and oxygen atoms in total. The van der Waals surface area contributed by atoms with Gasteiger partial charge in [0.25, 0.3) is 6.47 Å². The number of hydrogen-bond acceptors (Lipinski definition) is 4. The van der Waals surface area contributed by atoms with Crippen molar-refractivity contribution in [2.45, 2.75) is 26.9 Å². The summed E-state index contributed by atoms with van der Waals surface area (Å²) in [5, 5.41) is 0. The maximum atomic E-state index is 10.6. The molecular weight excluding hydrogens is 220 g/mol. The minimum Gasteiger partial charge on any atom is -0.459 e. The fourth-order valence-electron chi connectivity index (χ4n) is 1.91. The third-order valence-electron chi connectivity index (χ3n) is 2.68. The molecule has 0 aromatic heterocycles. The topological polar surface area (TPSA) is 44.8 Å². The number of ether oxygens (including phenoxy) is 3. The number of carbonyl (C=O) groups is 1. The molecular formula is C13H16O4. The third-order valence-corrected chi connectivity index (χ3v) is 2.68. The van der Waals surface area contributed by atoms with Crippen molar-refractivity contribution in [3.8, 4) is 11.5 Å². The Morgan fingerprint density at radius 3 is 2.65 bits per heavy atom. The Kier molecular flexibility index (Phi) is 2.96. The maximum absolute atomic E-state index is 10.6. The second-order valence-electron chi connectivity index (χ2n) is 5.09. The molecule has 1 aliphatic heterocycles. The van der Waals surface area contributed by atoms with Crippen LogP contribution < -0.4 is 9.47 Å². The SMILES string of the molecule is CC(C)(C)C(OC=O)c1ccc2c(c1)OCO2. The summed E-state index contributed by atoms with van der Waals surface area (Å²) in [4.78, 5) is 10.6. The van der Waals surface area contributed by atoms with Crippen molar-refractivity contribution >= 4 is 6.47 Å². The van der Waals surface area contributed by atoms with Crippen molar-refractivity contribution in [1.29, 1.82) is 0 Å². The fraction of sp³-hybridized carbons (Fsp3) is 0.462. The van der Waals surface area contributed by atoms with Crippen molar-refractivity contribution in [3.63, 3.8) is 0 Å². The van der Waals surface area contributed by atoms with Gasteiger partial charge in [-0.25, -0.2) is 0 Å². The van der Waals surface area contributed by atoms with Gasteiger partial charge in [-0.15, -0.1) is 0 Å². The van der Waals surface area contributed by atoms with Gasteiger partial charge in [-0.05, 0) is 17.7 Å². The average Bonchev–Trinajstić information content (AvgIpc) is 2.71. The number of rotatable bonds is 3. The smallest absolute Gasteiger partial charge is 0.293 e. The summed E-state index contributed by atoms with van der Waals surface area (Å²) in [5.41, 5.74) is 0.739. The van der Waals surface area contributed by atoms with Crippen molar-refractivity contribution in [3.05, 3.63) is 23.8 Å². The molecule has 1 aliphatic rings. The molecule has 1 unspecified atom stereocenters. The van der Waals surface area contributed by atoms with Gasteiger partial charge in [0.1, 0.15) is 6.10 Å². The van der Waals surface area contributed by atoms with E-state index >= 15 is 0 Å². The van der Waals surface area contributed by atoms with Gasteiger partial charge in [0.15, 0.2) is 11.5 Å². The zero-order valence-corrected chi connectivity index (χ0v) is 10.2. The van der Waals surface area contributed by atoms with E-state index < -0.39 is 0 Å². The van der Waals surface area contributed by atoms with Gasteiger partial charge < -0.3 is 14.2 Å². The van der Waals surface area contributed by atoms with Gasteiger partial charge in [0, 0.05) is 5.41 Å². The summed E-state index contributed by atoms with van der Waals surface area (Å²) >= 11 is 0. The van der Waals surface area contributed by atoms with E-state index in [1.165, 1.54) is 0 Å². The van der Waals surface area contributed by atoms with Gasteiger partial charge >= 0.3 is 0 Å². The Balaban J connectivity index is 2.33. The monoisotopic (exact) mass is 236 g/mol. The predicted octanol–water partition coefficient (Wildman–Crippen LogP) is 2.68. The van der Waals surface area contributed by atoms with Crippen molar-refractivity contribution in [2.75, 3.05) is 6.79 Å². The molecule has 0 bridgehead atoms. The molecule has 0 spiro atoms. The third kappa shape index (κ3) is 2.35. The van der Waals surface area contributed by atoms with Gasteiger partial charge in [0.2, 0.25) is 6.79 Å². The number of hydrogen-bond donors (Lipinski definition) is 0.